The van der Waals surface area contributed by atoms with Crippen LogP contribution >= 0.6 is 0 Å². The molecule has 7 heteroatoms. The highest BCUT2D eigenvalue weighted by molar-refractivity contribution is 6.02. The van der Waals surface area contributed by atoms with Gasteiger partial charge < -0.3 is 10.4 Å². The molecule has 0 unspecified atom stereocenters. The van der Waals surface area contributed by atoms with Gasteiger partial charge in [0.1, 0.15) is 12.7 Å². The Kier molecular flexibility index (Phi) is 4.23. The summed E-state index contributed by atoms with van der Waals surface area (Å²) in [5, 5.41) is 15.0. The van der Waals surface area contributed by atoms with E-state index < -0.39 is 11.9 Å². The van der Waals surface area contributed by atoms with Gasteiger partial charge in [0.05, 0.1) is 6.54 Å². The van der Waals surface area contributed by atoms with E-state index in [4.69, 9.17) is 5.11 Å². The smallest absolute Gasteiger partial charge is 0.328 e. The molecule has 0 saturated carbocycles. The van der Waals surface area contributed by atoms with Gasteiger partial charge in [0.2, 0.25) is 5.91 Å². The number of amides is 1. The molecule has 0 aliphatic heterocycles. The molecule has 0 bridgehead atoms. The summed E-state index contributed by atoms with van der Waals surface area (Å²) < 4.78 is 1.68. The number of nitrogens with zero attached hydrogens (tertiary/aromatic N) is 3. The molecule has 0 spiro atoms. The molecule has 2 aromatic rings. The lowest BCUT2D eigenvalue weighted by Crippen LogP contribution is -2.08. The highest BCUT2D eigenvalue weighted by atomic mass is 16.4. The van der Waals surface area contributed by atoms with Crippen LogP contribution in [0.2, 0.25) is 0 Å². The van der Waals surface area contributed by atoms with E-state index in [1.165, 1.54) is 6.33 Å². The molecule has 0 aliphatic carbocycles. The maximum Gasteiger partial charge on any atom is 0.328 e. The van der Waals surface area contributed by atoms with Crippen LogP contribution in [0.15, 0.2) is 49.1 Å². The predicted octanol–water partition coefficient (Wildman–Crippen LogP) is 0.906. The van der Waals surface area contributed by atoms with Gasteiger partial charge in [-0.05, 0) is 17.7 Å². The first-order chi connectivity index (χ1) is 9.63. The molecule has 2 N–H and O–H groups in total. The van der Waals surface area contributed by atoms with Gasteiger partial charge in [-0.3, -0.25) is 4.79 Å². The maximum atomic E-state index is 11.4. The number of benzene rings is 1. The van der Waals surface area contributed by atoms with Crippen molar-refractivity contribution in [2.24, 2.45) is 0 Å². The average Bonchev–Trinajstić information content (AvgIpc) is 2.92. The molecular weight excluding hydrogens is 260 g/mol. The van der Waals surface area contributed by atoms with E-state index >= 15 is 0 Å². The number of carboxylic acid groups (broad SMARTS) is 1. The van der Waals surface area contributed by atoms with Crippen molar-refractivity contribution in [1.82, 2.24) is 14.8 Å². The standard InChI is InChI=1S/C13H12N4O3/c18-12(5-6-13(19)20)16-11-3-1-10(2-4-11)7-17-9-14-8-15-17/h1-6,8-9H,7H2,(H,16,18)(H,19,20). The van der Waals surface area contributed by atoms with Crippen molar-refractivity contribution < 1.29 is 14.7 Å². The number of rotatable bonds is 5. The van der Waals surface area contributed by atoms with Crippen LogP contribution in [0.3, 0.4) is 0 Å². The highest BCUT2D eigenvalue weighted by Gasteiger charge is 2.00. The number of anilines is 1. The van der Waals surface area contributed by atoms with Crippen LogP contribution < -0.4 is 5.32 Å². The van der Waals surface area contributed by atoms with Crippen molar-refractivity contribution in [1.29, 1.82) is 0 Å². The van der Waals surface area contributed by atoms with Crippen LogP contribution in [0.25, 0.3) is 0 Å². The zero-order chi connectivity index (χ0) is 14.4. The van der Waals surface area contributed by atoms with Gasteiger partial charge >= 0.3 is 5.97 Å². The number of carbonyl (C=O) groups is 2. The molecule has 102 valence electrons. The third-order valence-electron chi connectivity index (χ3n) is 2.41. The largest absolute Gasteiger partial charge is 0.478 e. The molecule has 1 heterocycles. The van der Waals surface area contributed by atoms with E-state index in [-0.39, 0.29) is 0 Å². The Balaban J connectivity index is 1.94. The number of hydrogen-bond donors (Lipinski definition) is 2. The predicted molar refractivity (Wildman–Crippen MR) is 71.0 cm³/mol. The Morgan fingerprint density at radius 1 is 1.25 bits per heavy atom. The SMILES string of the molecule is O=C(O)C=CC(=O)Nc1ccc(Cn2cncn2)cc1. The molecule has 0 aliphatic rings. The summed E-state index contributed by atoms with van der Waals surface area (Å²) >= 11 is 0. The Labute approximate surface area is 114 Å². The van der Waals surface area contributed by atoms with Crippen molar-refractivity contribution >= 4 is 17.6 Å². The van der Waals surface area contributed by atoms with Crippen LogP contribution in [-0.2, 0) is 16.1 Å². The lowest BCUT2D eigenvalue weighted by Gasteiger charge is -2.04. The van der Waals surface area contributed by atoms with Gasteiger partial charge in [-0.15, -0.1) is 0 Å². The average molecular weight is 272 g/mol. The van der Waals surface area contributed by atoms with E-state index in [1.54, 1.807) is 23.1 Å². The second kappa shape index (κ2) is 6.28. The fraction of sp³-hybridized carbons (Fsp3) is 0.0769. The van der Waals surface area contributed by atoms with Crippen LogP contribution in [0, 0.1) is 0 Å². The molecular formula is C13H12N4O3. The van der Waals surface area contributed by atoms with Crippen LogP contribution in [-0.4, -0.2) is 31.7 Å². The quantitative estimate of drug-likeness (QED) is 0.788. The summed E-state index contributed by atoms with van der Waals surface area (Å²) in [4.78, 5) is 25.5. The van der Waals surface area contributed by atoms with Gasteiger partial charge in [0.25, 0.3) is 0 Å². The second-order valence-corrected chi connectivity index (χ2v) is 3.95. The lowest BCUT2D eigenvalue weighted by molar-refractivity contribution is -0.131. The Hall–Kier alpha value is -2.96. The van der Waals surface area contributed by atoms with Crippen molar-refractivity contribution in [3.8, 4) is 0 Å². The van der Waals surface area contributed by atoms with Gasteiger partial charge in [-0.1, -0.05) is 12.1 Å². The number of aliphatic carboxylic acids is 1. The van der Waals surface area contributed by atoms with Crippen molar-refractivity contribution in [3.05, 3.63) is 54.6 Å². The topological polar surface area (TPSA) is 97.1 Å². The Bertz CT molecular complexity index is 618. The molecule has 0 saturated heterocycles. The summed E-state index contributed by atoms with van der Waals surface area (Å²) in [5.74, 6) is -1.65. The molecule has 1 aromatic heterocycles. The minimum atomic E-state index is -1.16. The van der Waals surface area contributed by atoms with E-state index in [0.29, 0.717) is 12.2 Å². The maximum absolute atomic E-state index is 11.4. The van der Waals surface area contributed by atoms with Crippen LogP contribution in [0.5, 0.6) is 0 Å². The number of aromatic nitrogens is 3. The summed E-state index contributed by atoms with van der Waals surface area (Å²) in [6, 6.07) is 7.16. The Morgan fingerprint density at radius 2 is 2.00 bits per heavy atom. The number of nitrogens with one attached hydrogen (secondary N) is 1. The van der Waals surface area contributed by atoms with E-state index in [9.17, 15) is 9.59 Å². The van der Waals surface area contributed by atoms with E-state index in [0.717, 1.165) is 17.7 Å². The number of carboxylic acids is 1. The van der Waals surface area contributed by atoms with Crippen molar-refractivity contribution in [2.75, 3.05) is 5.32 Å². The zero-order valence-electron chi connectivity index (χ0n) is 10.4. The van der Waals surface area contributed by atoms with Crippen molar-refractivity contribution in [2.45, 2.75) is 6.54 Å². The first-order valence-corrected chi connectivity index (χ1v) is 5.77. The number of hydrogen-bond acceptors (Lipinski definition) is 4. The fourth-order valence-electron chi connectivity index (χ4n) is 1.53. The van der Waals surface area contributed by atoms with Crippen LogP contribution in [0.4, 0.5) is 5.69 Å². The minimum absolute atomic E-state index is 0.489. The molecule has 7 nitrogen and oxygen atoms in total. The lowest BCUT2D eigenvalue weighted by atomic mass is 10.2. The molecule has 0 radical (unpaired) electrons. The second-order valence-electron chi connectivity index (χ2n) is 3.95. The van der Waals surface area contributed by atoms with Gasteiger partial charge in [-0.2, -0.15) is 5.10 Å². The molecule has 2 rings (SSSR count). The van der Waals surface area contributed by atoms with E-state index in [2.05, 4.69) is 15.4 Å². The molecule has 0 fully saturated rings. The van der Waals surface area contributed by atoms with Crippen molar-refractivity contribution in [3.63, 3.8) is 0 Å². The molecule has 0 atom stereocenters. The normalized spacial score (nSPS) is 10.6. The summed E-state index contributed by atoms with van der Waals surface area (Å²) in [6.45, 7) is 0.590. The van der Waals surface area contributed by atoms with E-state index in [1.807, 2.05) is 12.1 Å². The molecule has 1 aromatic carbocycles. The first-order valence-electron chi connectivity index (χ1n) is 5.77. The van der Waals surface area contributed by atoms with Gasteiger partial charge in [0.15, 0.2) is 0 Å². The number of carbonyl (C=O) groups excluding carboxylic acids is 1. The fourth-order valence-corrected chi connectivity index (χ4v) is 1.53. The minimum Gasteiger partial charge on any atom is -0.478 e. The Morgan fingerprint density at radius 3 is 2.60 bits per heavy atom. The molecule has 1 amide bonds. The first kappa shape index (κ1) is 13.5. The highest BCUT2D eigenvalue weighted by Crippen LogP contribution is 2.10. The summed E-state index contributed by atoms with van der Waals surface area (Å²) in [5.41, 5.74) is 1.60. The van der Waals surface area contributed by atoms with Gasteiger partial charge in [0, 0.05) is 17.8 Å². The monoisotopic (exact) mass is 272 g/mol. The summed E-state index contributed by atoms with van der Waals surface area (Å²) in [7, 11) is 0. The van der Waals surface area contributed by atoms with Gasteiger partial charge in [-0.25, -0.2) is 14.5 Å². The zero-order valence-corrected chi connectivity index (χ0v) is 10.4. The third kappa shape index (κ3) is 4.05. The van der Waals surface area contributed by atoms with Crippen LogP contribution in [0.1, 0.15) is 5.56 Å². The summed E-state index contributed by atoms with van der Waals surface area (Å²) in [6.07, 6.45) is 4.83. The third-order valence-corrected chi connectivity index (χ3v) is 2.41. The molecule has 20 heavy (non-hydrogen) atoms.